The number of aromatic nitrogens is 3. The average Bonchev–Trinajstić information content (AvgIpc) is 2.93. The molecule has 0 amide bonds. The Labute approximate surface area is 111 Å². The fourth-order valence-corrected chi connectivity index (χ4v) is 1.34. The molecule has 0 spiro atoms. The van der Waals surface area contributed by atoms with Gasteiger partial charge in [0.2, 0.25) is 5.82 Å². The standard InChI is InChI=1S/C13H14N4O2/c1-3-9(2)18-8-12-16-13(17-19-12)11-5-4-10(6-14)7-15-11/h4-5,7,9H,3,8H2,1-2H3/t9-/m0/s1. The van der Waals surface area contributed by atoms with Gasteiger partial charge >= 0.3 is 0 Å². The molecule has 0 saturated heterocycles. The van der Waals surface area contributed by atoms with Crippen LogP contribution < -0.4 is 0 Å². The largest absolute Gasteiger partial charge is 0.369 e. The van der Waals surface area contributed by atoms with Crippen molar-refractivity contribution in [3.8, 4) is 17.6 Å². The van der Waals surface area contributed by atoms with E-state index in [4.69, 9.17) is 14.5 Å². The predicted octanol–water partition coefficient (Wildman–Crippen LogP) is 2.32. The molecule has 0 radical (unpaired) electrons. The molecule has 2 rings (SSSR count). The van der Waals surface area contributed by atoms with E-state index in [2.05, 4.69) is 15.1 Å². The van der Waals surface area contributed by atoms with E-state index < -0.39 is 0 Å². The Hall–Kier alpha value is -2.26. The van der Waals surface area contributed by atoms with Crippen molar-refractivity contribution in [1.82, 2.24) is 15.1 Å². The summed E-state index contributed by atoms with van der Waals surface area (Å²) in [6.07, 6.45) is 2.56. The highest BCUT2D eigenvalue weighted by Crippen LogP contribution is 2.14. The lowest BCUT2D eigenvalue weighted by atomic mass is 10.2. The highest BCUT2D eigenvalue weighted by atomic mass is 16.5. The first-order valence-electron chi connectivity index (χ1n) is 6.03. The minimum Gasteiger partial charge on any atom is -0.369 e. The Morgan fingerprint density at radius 1 is 1.47 bits per heavy atom. The molecule has 0 bridgehead atoms. The van der Waals surface area contributed by atoms with E-state index in [1.54, 1.807) is 12.1 Å². The topological polar surface area (TPSA) is 84.8 Å². The summed E-state index contributed by atoms with van der Waals surface area (Å²) in [5.74, 6) is 0.814. The summed E-state index contributed by atoms with van der Waals surface area (Å²) >= 11 is 0. The average molecular weight is 258 g/mol. The number of rotatable bonds is 5. The lowest BCUT2D eigenvalue weighted by Gasteiger charge is -2.06. The molecule has 0 N–H and O–H groups in total. The quantitative estimate of drug-likeness (QED) is 0.818. The molecule has 2 aromatic rings. The van der Waals surface area contributed by atoms with Gasteiger partial charge in [-0.3, -0.25) is 4.98 Å². The molecule has 0 aliphatic heterocycles. The molecule has 0 aromatic carbocycles. The summed E-state index contributed by atoms with van der Waals surface area (Å²) in [6, 6.07) is 5.35. The van der Waals surface area contributed by atoms with Crippen LogP contribution in [0.3, 0.4) is 0 Å². The van der Waals surface area contributed by atoms with E-state index in [0.29, 0.717) is 23.0 Å². The van der Waals surface area contributed by atoms with E-state index in [1.807, 2.05) is 19.9 Å². The first-order valence-corrected chi connectivity index (χ1v) is 6.03. The minimum atomic E-state index is 0.156. The zero-order valence-corrected chi connectivity index (χ0v) is 10.8. The molecule has 19 heavy (non-hydrogen) atoms. The normalized spacial score (nSPS) is 12.1. The molecule has 98 valence electrons. The van der Waals surface area contributed by atoms with Gasteiger partial charge in [0.25, 0.3) is 5.89 Å². The Kier molecular flexibility index (Phi) is 4.21. The van der Waals surface area contributed by atoms with Crippen LogP contribution in [0.25, 0.3) is 11.5 Å². The minimum absolute atomic E-state index is 0.156. The van der Waals surface area contributed by atoms with Crippen LogP contribution >= 0.6 is 0 Å². The summed E-state index contributed by atoms with van der Waals surface area (Å²) in [5.41, 5.74) is 1.06. The van der Waals surface area contributed by atoms with Gasteiger partial charge in [-0.15, -0.1) is 0 Å². The molecule has 0 aliphatic carbocycles. The van der Waals surface area contributed by atoms with Crippen LogP contribution in [0, 0.1) is 11.3 Å². The van der Waals surface area contributed by atoms with Gasteiger partial charge in [-0.25, -0.2) is 0 Å². The lowest BCUT2D eigenvalue weighted by Crippen LogP contribution is -2.06. The third kappa shape index (κ3) is 3.36. The Morgan fingerprint density at radius 3 is 2.95 bits per heavy atom. The first-order chi connectivity index (χ1) is 9.22. The van der Waals surface area contributed by atoms with Gasteiger partial charge in [0.1, 0.15) is 18.4 Å². The smallest absolute Gasteiger partial charge is 0.253 e. The molecule has 2 heterocycles. The SMILES string of the molecule is CC[C@H](C)OCc1nc(-c2ccc(C#N)cn2)no1. The third-order valence-electron chi connectivity index (χ3n) is 2.66. The molecular weight excluding hydrogens is 244 g/mol. The zero-order chi connectivity index (χ0) is 13.7. The van der Waals surface area contributed by atoms with Gasteiger partial charge < -0.3 is 9.26 Å². The number of nitriles is 1. The maximum absolute atomic E-state index is 8.69. The van der Waals surface area contributed by atoms with Gasteiger partial charge in [0.05, 0.1) is 11.7 Å². The van der Waals surface area contributed by atoms with E-state index in [1.165, 1.54) is 6.20 Å². The molecular formula is C13H14N4O2. The Bertz CT molecular complexity index is 571. The summed E-state index contributed by atoms with van der Waals surface area (Å²) in [4.78, 5) is 8.29. The van der Waals surface area contributed by atoms with Gasteiger partial charge in [0, 0.05) is 6.20 Å². The van der Waals surface area contributed by atoms with Crippen molar-refractivity contribution in [2.45, 2.75) is 33.0 Å². The van der Waals surface area contributed by atoms with Crippen molar-refractivity contribution in [3.05, 3.63) is 29.8 Å². The Balaban J connectivity index is 2.05. The van der Waals surface area contributed by atoms with Crippen molar-refractivity contribution in [3.63, 3.8) is 0 Å². The van der Waals surface area contributed by atoms with Gasteiger partial charge in [-0.2, -0.15) is 10.2 Å². The molecule has 0 unspecified atom stereocenters. The van der Waals surface area contributed by atoms with Crippen LogP contribution in [0.5, 0.6) is 0 Å². The second kappa shape index (κ2) is 6.07. The molecule has 0 aliphatic rings. The van der Waals surface area contributed by atoms with Crippen LogP contribution in [-0.4, -0.2) is 21.2 Å². The van der Waals surface area contributed by atoms with Crippen molar-refractivity contribution in [2.24, 2.45) is 0 Å². The summed E-state index contributed by atoms with van der Waals surface area (Å²) in [5, 5.41) is 12.5. The van der Waals surface area contributed by atoms with E-state index >= 15 is 0 Å². The van der Waals surface area contributed by atoms with Gasteiger partial charge in [-0.1, -0.05) is 12.1 Å². The second-order valence-electron chi connectivity index (χ2n) is 4.09. The van der Waals surface area contributed by atoms with Crippen LogP contribution in [0.15, 0.2) is 22.9 Å². The number of hydrogen-bond donors (Lipinski definition) is 0. The fraction of sp³-hybridized carbons (Fsp3) is 0.385. The van der Waals surface area contributed by atoms with E-state index in [-0.39, 0.29) is 12.7 Å². The summed E-state index contributed by atoms with van der Waals surface area (Å²) < 4.78 is 10.6. The fourth-order valence-electron chi connectivity index (χ4n) is 1.34. The van der Waals surface area contributed by atoms with E-state index in [0.717, 1.165) is 6.42 Å². The number of ether oxygens (including phenoxy) is 1. The van der Waals surface area contributed by atoms with Crippen molar-refractivity contribution >= 4 is 0 Å². The monoisotopic (exact) mass is 258 g/mol. The maximum Gasteiger partial charge on any atom is 0.253 e. The van der Waals surface area contributed by atoms with E-state index in [9.17, 15) is 0 Å². The van der Waals surface area contributed by atoms with Crippen LogP contribution in [0.2, 0.25) is 0 Å². The summed E-state index contributed by atoms with van der Waals surface area (Å²) in [7, 11) is 0. The predicted molar refractivity (Wildman–Crippen MR) is 66.8 cm³/mol. The lowest BCUT2D eigenvalue weighted by molar-refractivity contribution is 0.0352. The number of pyridine rings is 1. The third-order valence-corrected chi connectivity index (χ3v) is 2.66. The molecule has 0 saturated carbocycles. The van der Waals surface area contributed by atoms with Gasteiger partial charge in [0.15, 0.2) is 0 Å². The molecule has 0 fully saturated rings. The van der Waals surface area contributed by atoms with Crippen molar-refractivity contribution in [2.75, 3.05) is 0 Å². The number of nitrogens with zero attached hydrogens (tertiary/aromatic N) is 4. The Morgan fingerprint density at radius 2 is 2.32 bits per heavy atom. The first kappa shape index (κ1) is 13.2. The van der Waals surface area contributed by atoms with Crippen LogP contribution in [-0.2, 0) is 11.3 Å². The molecule has 2 aromatic heterocycles. The molecule has 6 heteroatoms. The van der Waals surface area contributed by atoms with Crippen molar-refractivity contribution in [1.29, 1.82) is 5.26 Å². The molecule has 1 atom stereocenters. The van der Waals surface area contributed by atoms with Crippen molar-refractivity contribution < 1.29 is 9.26 Å². The summed E-state index contributed by atoms with van der Waals surface area (Å²) in [6.45, 7) is 4.32. The highest BCUT2D eigenvalue weighted by molar-refractivity contribution is 5.49. The molecule has 6 nitrogen and oxygen atoms in total. The maximum atomic E-state index is 8.69. The number of hydrogen-bond acceptors (Lipinski definition) is 6. The zero-order valence-electron chi connectivity index (χ0n) is 10.8. The second-order valence-corrected chi connectivity index (χ2v) is 4.09. The van der Waals surface area contributed by atoms with Crippen LogP contribution in [0.1, 0.15) is 31.7 Å². The van der Waals surface area contributed by atoms with Gasteiger partial charge in [-0.05, 0) is 25.5 Å². The highest BCUT2D eigenvalue weighted by Gasteiger charge is 2.10. The van der Waals surface area contributed by atoms with Crippen LogP contribution in [0.4, 0.5) is 0 Å².